The molecule has 0 N–H and O–H groups in total. The van der Waals surface area contributed by atoms with E-state index in [1.807, 2.05) is 0 Å². The Kier molecular flexibility index (Phi) is 147. The Bertz CT molecular complexity index is 6.00. The molecule has 0 saturated carbocycles. The summed E-state index contributed by atoms with van der Waals surface area (Å²) in [5.74, 6) is 0. The fourth-order valence-electron chi connectivity index (χ4n) is 0. The van der Waals surface area contributed by atoms with Crippen molar-refractivity contribution in [3.63, 3.8) is 0 Å². The van der Waals surface area contributed by atoms with Gasteiger partial charge in [-0.05, 0) is 0 Å². The van der Waals surface area contributed by atoms with Gasteiger partial charge in [0.05, 0.1) is 0 Å². The van der Waals surface area contributed by atoms with Crippen molar-refractivity contribution in [2.75, 3.05) is 0 Å². The molecule has 0 aliphatic heterocycles. The van der Waals surface area contributed by atoms with Crippen molar-refractivity contribution in [3.8, 4) is 0 Å². The topological polar surface area (TPSA) is 57.0 Å². The van der Waals surface area contributed by atoms with Crippen molar-refractivity contribution < 1.29 is 85.1 Å². The Hall–Kier alpha value is 2.40. The zero-order valence-corrected chi connectivity index (χ0v) is 5.01. The van der Waals surface area contributed by atoms with Gasteiger partial charge >= 0.3 is 74.2 Å². The molecule has 0 amide bonds. The minimum Gasteiger partial charge on any atom is -2.00 e. The summed E-state index contributed by atoms with van der Waals surface area (Å²) in [6.07, 6.45) is 0. The molecule has 0 saturated heterocycles. The first-order chi connectivity index (χ1) is 0. The molecule has 0 fully saturated rings. The number of hydrogen-bond donors (Lipinski definition) is 0. The Morgan fingerprint density at radius 3 is 0.750 bits per heavy atom. The molecule has 35 valence electrons. The van der Waals surface area contributed by atoms with Crippen molar-refractivity contribution in [1.29, 1.82) is 0 Å². The van der Waals surface area contributed by atoms with Gasteiger partial charge in [-0.3, -0.25) is 0 Å². The summed E-state index contributed by atoms with van der Waals surface area (Å²) in [5.41, 5.74) is 0. The molecule has 0 heterocycles. The van der Waals surface area contributed by atoms with Gasteiger partial charge in [-0.25, -0.2) is 0 Å². The molecule has 0 spiro atoms. The molecule has 0 aliphatic carbocycles. The van der Waals surface area contributed by atoms with E-state index in [1.165, 1.54) is 0 Å². The molecule has 4 heavy (non-hydrogen) atoms. The second-order valence-corrected chi connectivity index (χ2v) is 0. The van der Waals surface area contributed by atoms with Crippen LogP contribution in [0.3, 0.4) is 0 Å². The van der Waals surface area contributed by atoms with Crippen LogP contribution >= 0.6 is 0 Å². The maximum Gasteiger partial charge on any atom is 3.00 e. The van der Waals surface area contributed by atoms with E-state index in [-0.39, 0.29) is 85.1 Å². The van der Waals surface area contributed by atoms with Crippen LogP contribution in [0.1, 0.15) is 0 Å². The van der Waals surface area contributed by atoms with Crippen molar-refractivity contribution >= 4 is 0 Å². The van der Waals surface area contributed by atoms with Crippen LogP contribution in [0.25, 0.3) is 0 Å². The maximum atomic E-state index is 0. The molecular formula is ErO2Tm+2. The van der Waals surface area contributed by atoms with Crippen LogP contribution in [0, 0.1) is 74.2 Å². The third kappa shape index (κ3) is 8.83. The SMILES string of the molecule is [Er+3].[O-2].[O-2].[Tm+3]. The van der Waals surface area contributed by atoms with E-state index in [0.29, 0.717) is 0 Å². The summed E-state index contributed by atoms with van der Waals surface area (Å²) in [6, 6.07) is 0. The van der Waals surface area contributed by atoms with Crippen molar-refractivity contribution in [2.45, 2.75) is 0 Å². The van der Waals surface area contributed by atoms with E-state index in [4.69, 9.17) is 0 Å². The third-order valence-corrected chi connectivity index (χ3v) is 0. The summed E-state index contributed by atoms with van der Waals surface area (Å²) < 4.78 is 0. The van der Waals surface area contributed by atoms with E-state index in [9.17, 15) is 0 Å². The second kappa shape index (κ2) is 18.1. The predicted molar refractivity (Wildman–Crippen MR) is 1.37 cm³/mol. The van der Waals surface area contributed by atoms with Crippen LogP contribution in [0.5, 0.6) is 0 Å². The first-order valence-corrected chi connectivity index (χ1v) is 0. The Balaban J connectivity index is 0. The Labute approximate surface area is 83.3 Å². The summed E-state index contributed by atoms with van der Waals surface area (Å²) in [5, 5.41) is 0. The number of rotatable bonds is 0. The van der Waals surface area contributed by atoms with Gasteiger partial charge in [0, 0.05) is 0 Å². The maximum absolute atomic E-state index is 0. The third-order valence-electron chi connectivity index (χ3n) is 0. The van der Waals surface area contributed by atoms with Crippen LogP contribution < -0.4 is 0 Å². The normalized spacial score (nSPS) is 0. The van der Waals surface area contributed by atoms with E-state index in [0.717, 1.165) is 0 Å². The Morgan fingerprint density at radius 1 is 0.750 bits per heavy atom. The minimum absolute atomic E-state index is 0. The van der Waals surface area contributed by atoms with Gasteiger partial charge in [-0.1, -0.05) is 0 Å². The van der Waals surface area contributed by atoms with Crippen LogP contribution in [0.15, 0.2) is 0 Å². The van der Waals surface area contributed by atoms with E-state index in [1.54, 1.807) is 0 Å². The second-order valence-electron chi connectivity index (χ2n) is 0. The molecule has 0 aliphatic rings. The quantitative estimate of drug-likeness (QED) is 0.567. The van der Waals surface area contributed by atoms with Crippen LogP contribution in [-0.2, 0) is 11.0 Å². The first-order valence-electron chi connectivity index (χ1n) is 0. The van der Waals surface area contributed by atoms with Crippen LogP contribution in [0.4, 0.5) is 0 Å². The van der Waals surface area contributed by atoms with Crippen LogP contribution in [-0.4, -0.2) is 0 Å². The fourth-order valence-corrected chi connectivity index (χ4v) is 0. The molecule has 4 heteroatoms. The molecule has 0 aromatic rings. The van der Waals surface area contributed by atoms with Crippen molar-refractivity contribution in [1.82, 2.24) is 0 Å². The average molecular weight is 368 g/mol. The summed E-state index contributed by atoms with van der Waals surface area (Å²) in [7, 11) is 0. The van der Waals surface area contributed by atoms with Gasteiger partial charge < -0.3 is 11.0 Å². The monoisotopic (exact) mass is 367 g/mol. The molecular weight excluding hydrogens is 368 g/mol. The Morgan fingerprint density at radius 2 is 0.750 bits per heavy atom. The smallest absolute Gasteiger partial charge is 2.00 e. The fraction of sp³-hybridized carbons (Fsp3) is 0. The molecule has 0 bridgehead atoms. The molecule has 0 aromatic heterocycles. The van der Waals surface area contributed by atoms with Gasteiger partial charge in [-0.15, -0.1) is 0 Å². The molecule has 2 nitrogen and oxygen atoms in total. The molecule has 0 unspecified atom stereocenters. The standard InChI is InChI=1S/Er.2O.Tm/q+3;2*-2;+3. The van der Waals surface area contributed by atoms with Crippen LogP contribution in [0.2, 0.25) is 0 Å². The largest absolute Gasteiger partial charge is 3.00 e. The molecule has 0 rings (SSSR count). The number of hydrogen-bond acceptors (Lipinski definition) is 0. The summed E-state index contributed by atoms with van der Waals surface area (Å²) in [6.45, 7) is 0. The minimum atomic E-state index is 0. The van der Waals surface area contributed by atoms with Gasteiger partial charge in [-0.2, -0.15) is 0 Å². The van der Waals surface area contributed by atoms with Crippen molar-refractivity contribution in [3.05, 3.63) is 0 Å². The molecule has 0 atom stereocenters. The van der Waals surface area contributed by atoms with Gasteiger partial charge in [0.1, 0.15) is 0 Å². The zero-order chi connectivity index (χ0) is 0. The molecule has 1 radical (unpaired) electrons. The summed E-state index contributed by atoms with van der Waals surface area (Å²) in [4.78, 5) is 0. The first kappa shape index (κ1) is 32.4. The van der Waals surface area contributed by atoms with Crippen molar-refractivity contribution in [2.24, 2.45) is 0 Å². The van der Waals surface area contributed by atoms with Gasteiger partial charge in [0.15, 0.2) is 0 Å². The van der Waals surface area contributed by atoms with E-state index >= 15 is 0 Å². The van der Waals surface area contributed by atoms with Gasteiger partial charge in [0.2, 0.25) is 0 Å². The van der Waals surface area contributed by atoms with E-state index < -0.39 is 0 Å². The average Bonchev–Trinajstić information content (AvgIpc) is 0. The molecule has 0 aromatic carbocycles. The predicted octanol–water partition coefficient (Wildman–Crippen LogP) is -0.238. The summed E-state index contributed by atoms with van der Waals surface area (Å²) >= 11 is 0. The zero-order valence-electron chi connectivity index (χ0n) is 1.38. The van der Waals surface area contributed by atoms with Gasteiger partial charge in [0.25, 0.3) is 0 Å². The van der Waals surface area contributed by atoms with E-state index in [2.05, 4.69) is 0 Å².